The van der Waals surface area contributed by atoms with Crippen molar-refractivity contribution in [2.45, 2.75) is 18.4 Å². The van der Waals surface area contributed by atoms with E-state index in [-0.39, 0.29) is 0 Å². The summed E-state index contributed by atoms with van der Waals surface area (Å²) in [6.07, 6.45) is 0.154. The molecule has 0 aliphatic carbocycles. The van der Waals surface area contributed by atoms with Gasteiger partial charge in [-0.2, -0.15) is 11.8 Å². The molecule has 1 saturated heterocycles. The van der Waals surface area contributed by atoms with Crippen molar-refractivity contribution in [1.29, 1.82) is 0 Å². The van der Waals surface area contributed by atoms with Crippen LogP contribution < -0.4 is 10.4 Å². The van der Waals surface area contributed by atoms with Crippen molar-refractivity contribution in [2.75, 3.05) is 16.8 Å². The van der Waals surface area contributed by atoms with Crippen LogP contribution in [0.3, 0.4) is 0 Å². The van der Waals surface area contributed by atoms with Gasteiger partial charge in [0.1, 0.15) is 6.09 Å². The molecule has 0 aromatic heterocycles. The van der Waals surface area contributed by atoms with E-state index in [1.807, 2.05) is 11.8 Å². The molecule has 0 atom stereocenters. The molecule has 5 heteroatoms. The average Bonchev–Trinajstić information content (AvgIpc) is 2.30. The molecule has 0 saturated carbocycles. The van der Waals surface area contributed by atoms with E-state index >= 15 is 0 Å². The largest absolute Gasteiger partial charge is 0.530 e. The topological polar surface area (TPSA) is 72.4 Å². The van der Waals surface area contributed by atoms with E-state index < -0.39 is 11.7 Å². The molecule has 92 valence electrons. The molecule has 17 heavy (non-hydrogen) atoms. The molecular formula is C12H14NO3S-. The van der Waals surface area contributed by atoms with E-state index in [0.717, 1.165) is 29.9 Å². The SMILES string of the molecule is O=C([O-])Nc1ccc(C2(O)CCSCC2)cc1. The predicted molar refractivity (Wildman–Crippen MR) is 65.9 cm³/mol. The summed E-state index contributed by atoms with van der Waals surface area (Å²) < 4.78 is 0. The number of carbonyl (C=O) groups is 1. The Balaban J connectivity index is 2.13. The number of hydrogen-bond donors (Lipinski definition) is 2. The fraction of sp³-hybridized carbons (Fsp3) is 0.417. The van der Waals surface area contributed by atoms with Crippen LogP contribution in [0.4, 0.5) is 10.5 Å². The third-order valence-electron chi connectivity index (χ3n) is 2.99. The molecule has 0 spiro atoms. The third-order valence-corrected chi connectivity index (χ3v) is 3.97. The first-order chi connectivity index (χ1) is 8.10. The molecule has 1 aliphatic rings. The average molecular weight is 252 g/mol. The van der Waals surface area contributed by atoms with Gasteiger partial charge in [-0.1, -0.05) is 12.1 Å². The van der Waals surface area contributed by atoms with Crippen LogP contribution in [0.5, 0.6) is 0 Å². The monoisotopic (exact) mass is 252 g/mol. The zero-order valence-corrected chi connectivity index (χ0v) is 10.1. The maximum absolute atomic E-state index is 10.5. The lowest BCUT2D eigenvalue weighted by Crippen LogP contribution is -2.31. The van der Waals surface area contributed by atoms with Gasteiger partial charge in [0.25, 0.3) is 0 Å². The molecule has 1 aromatic carbocycles. The summed E-state index contributed by atoms with van der Waals surface area (Å²) in [7, 11) is 0. The van der Waals surface area contributed by atoms with Crippen LogP contribution in [0.1, 0.15) is 18.4 Å². The number of nitrogens with one attached hydrogen (secondary N) is 1. The molecule has 2 rings (SSSR count). The summed E-state index contributed by atoms with van der Waals surface area (Å²) in [5, 5.41) is 23.0. The van der Waals surface area contributed by atoms with Gasteiger partial charge in [-0.15, -0.1) is 0 Å². The van der Waals surface area contributed by atoms with Gasteiger partial charge in [-0.25, -0.2) is 0 Å². The highest BCUT2D eigenvalue weighted by Gasteiger charge is 2.31. The summed E-state index contributed by atoms with van der Waals surface area (Å²) in [4.78, 5) is 10.3. The smallest absolute Gasteiger partial charge is 0.138 e. The normalized spacial score (nSPS) is 18.6. The molecule has 0 bridgehead atoms. The van der Waals surface area contributed by atoms with Crippen LogP contribution in [-0.2, 0) is 5.60 Å². The number of aliphatic hydroxyl groups is 1. The number of hydrogen-bond acceptors (Lipinski definition) is 4. The van der Waals surface area contributed by atoms with Crippen LogP contribution in [0.15, 0.2) is 24.3 Å². The van der Waals surface area contributed by atoms with Gasteiger partial charge < -0.3 is 20.3 Å². The minimum atomic E-state index is -1.33. The second-order valence-corrected chi connectivity index (χ2v) is 5.36. The fourth-order valence-corrected chi connectivity index (χ4v) is 3.15. The summed E-state index contributed by atoms with van der Waals surface area (Å²) in [6.45, 7) is 0. The second-order valence-electron chi connectivity index (χ2n) is 4.13. The van der Waals surface area contributed by atoms with Crippen LogP contribution in [0.25, 0.3) is 0 Å². The number of amides is 1. The van der Waals surface area contributed by atoms with Crippen molar-refractivity contribution in [3.8, 4) is 0 Å². The first-order valence-electron chi connectivity index (χ1n) is 5.49. The van der Waals surface area contributed by atoms with Crippen molar-refractivity contribution < 1.29 is 15.0 Å². The van der Waals surface area contributed by atoms with Crippen LogP contribution >= 0.6 is 11.8 Å². The molecule has 1 aromatic rings. The van der Waals surface area contributed by atoms with Crippen molar-refractivity contribution >= 4 is 23.5 Å². The maximum atomic E-state index is 10.5. The van der Waals surface area contributed by atoms with E-state index in [0.29, 0.717) is 5.69 Å². The molecule has 1 fully saturated rings. The number of carbonyl (C=O) groups excluding carboxylic acids is 1. The Morgan fingerprint density at radius 1 is 1.29 bits per heavy atom. The molecule has 0 unspecified atom stereocenters. The predicted octanol–water partition coefficient (Wildman–Crippen LogP) is 1.16. The van der Waals surface area contributed by atoms with Crippen LogP contribution in [-0.4, -0.2) is 22.7 Å². The molecule has 4 nitrogen and oxygen atoms in total. The Bertz CT molecular complexity index is 399. The van der Waals surface area contributed by atoms with E-state index in [1.54, 1.807) is 24.3 Å². The van der Waals surface area contributed by atoms with Gasteiger partial charge in [-0.05, 0) is 42.0 Å². The van der Waals surface area contributed by atoms with Crippen LogP contribution in [0, 0.1) is 0 Å². The quantitative estimate of drug-likeness (QED) is 0.828. The zero-order valence-electron chi connectivity index (χ0n) is 9.31. The van der Waals surface area contributed by atoms with Crippen LogP contribution in [0.2, 0.25) is 0 Å². The highest BCUT2D eigenvalue weighted by atomic mass is 32.2. The first kappa shape index (κ1) is 12.3. The van der Waals surface area contributed by atoms with Crippen molar-refractivity contribution in [1.82, 2.24) is 0 Å². The first-order valence-corrected chi connectivity index (χ1v) is 6.64. The lowest BCUT2D eigenvalue weighted by Gasteiger charge is -2.32. The summed E-state index contributed by atoms with van der Waals surface area (Å²) >= 11 is 1.85. The molecular weight excluding hydrogens is 238 g/mol. The Morgan fingerprint density at radius 3 is 2.41 bits per heavy atom. The van der Waals surface area contributed by atoms with E-state index in [2.05, 4.69) is 5.32 Å². The van der Waals surface area contributed by atoms with Gasteiger partial charge in [0.2, 0.25) is 0 Å². The Labute approximate surface area is 104 Å². The van der Waals surface area contributed by atoms with E-state index in [4.69, 9.17) is 0 Å². The summed E-state index contributed by atoms with van der Waals surface area (Å²) in [5.41, 5.74) is 0.551. The standard InChI is InChI=1S/C12H15NO3S/c14-11(15)13-10-3-1-9(2-4-10)12(16)5-7-17-8-6-12/h1-4,13,16H,5-8H2,(H,14,15)/p-1. The Hall–Kier alpha value is -1.20. The lowest BCUT2D eigenvalue weighted by molar-refractivity contribution is -0.242. The fourth-order valence-electron chi connectivity index (χ4n) is 1.98. The molecule has 1 aliphatic heterocycles. The van der Waals surface area contributed by atoms with Gasteiger partial charge in [0.05, 0.1) is 5.60 Å². The molecule has 1 heterocycles. The van der Waals surface area contributed by atoms with Crippen molar-refractivity contribution in [3.05, 3.63) is 29.8 Å². The number of anilines is 1. The Morgan fingerprint density at radius 2 is 1.88 bits per heavy atom. The van der Waals surface area contributed by atoms with Gasteiger partial charge in [-0.3, -0.25) is 0 Å². The van der Waals surface area contributed by atoms with Crippen molar-refractivity contribution in [3.63, 3.8) is 0 Å². The number of thioether (sulfide) groups is 1. The van der Waals surface area contributed by atoms with Gasteiger partial charge in [0.15, 0.2) is 0 Å². The number of carboxylic acid groups (broad SMARTS) is 1. The van der Waals surface area contributed by atoms with E-state index in [9.17, 15) is 15.0 Å². The maximum Gasteiger partial charge on any atom is 0.138 e. The number of rotatable bonds is 2. The molecule has 0 radical (unpaired) electrons. The minimum absolute atomic E-state index is 0.461. The van der Waals surface area contributed by atoms with Crippen molar-refractivity contribution in [2.24, 2.45) is 0 Å². The summed E-state index contributed by atoms with van der Waals surface area (Å²) in [6, 6.07) is 6.82. The van der Waals surface area contributed by atoms with Gasteiger partial charge >= 0.3 is 0 Å². The molecule has 2 N–H and O–H groups in total. The highest BCUT2D eigenvalue weighted by Crippen LogP contribution is 2.36. The minimum Gasteiger partial charge on any atom is -0.530 e. The molecule has 1 amide bonds. The van der Waals surface area contributed by atoms with Gasteiger partial charge in [0, 0.05) is 5.69 Å². The second kappa shape index (κ2) is 4.98. The summed E-state index contributed by atoms with van der Waals surface area (Å²) in [5.74, 6) is 1.91. The number of benzene rings is 1. The lowest BCUT2D eigenvalue weighted by atomic mass is 9.88. The Kier molecular flexibility index (Phi) is 3.59. The highest BCUT2D eigenvalue weighted by molar-refractivity contribution is 7.99. The zero-order chi connectivity index (χ0) is 12.3. The van der Waals surface area contributed by atoms with E-state index in [1.165, 1.54) is 0 Å². The third kappa shape index (κ3) is 2.92.